The molecule has 0 bridgehead atoms. The van der Waals surface area contributed by atoms with Crippen molar-refractivity contribution in [3.05, 3.63) is 59.7 Å². The van der Waals surface area contributed by atoms with Gasteiger partial charge in [-0.05, 0) is 61.6 Å². The normalized spacial score (nSPS) is 14.5. The van der Waals surface area contributed by atoms with Crippen molar-refractivity contribution in [3.8, 4) is 5.75 Å². The fraction of sp³-hybridized carbons (Fsp3) is 0.333. The summed E-state index contributed by atoms with van der Waals surface area (Å²) in [7, 11) is 1.60. The van der Waals surface area contributed by atoms with E-state index in [0.717, 1.165) is 24.3 Å². The second-order valence-corrected chi connectivity index (χ2v) is 6.68. The van der Waals surface area contributed by atoms with Crippen LogP contribution in [0, 0.1) is 5.92 Å². The largest absolute Gasteiger partial charge is 0.497 e. The number of anilines is 1. The first-order valence-corrected chi connectivity index (χ1v) is 8.78. The van der Waals surface area contributed by atoms with E-state index in [0.29, 0.717) is 11.5 Å². The van der Waals surface area contributed by atoms with Gasteiger partial charge in [0.15, 0.2) is 0 Å². The van der Waals surface area contributed by atoms with Crippen molar-refractivity contribution in [1.29, 1.82) is 0 Å². The number of rotatable bonds is 7. The van der Waals surface area contributed by atoms with Gasteiger partial charge in [-0.1, -0.05) is 18.2 Å². The van der Waals surface area contributed by atoms with Gasteiger partial charge in [0, 0.05) is 11.7 Å². The SMILES string of the molecule is COc1ccc(N(C(=O)Cc2ccccc2C(=O)O)C(C)C2CC2)cc1. The Morgan fingerprint density at radius 3 is 2.38 bits per heavy atom. The van der Waals surface area contributed by atoms with E-state index in [1.807, 2.05) is 24.3 Å². The first-order chi connectivity index (χ1) is 12.5. The molecule has 5 nitrogen and oxygen atoms in total. The second-order valence-electron chi connectivity index (χ2n) is 6.68. The Balaban J connectivity index is 1.89. The van der Waals surface area contributed by atoms with E-state index in [4.69, 9.17) is 4.74 Å². The lowest BCUT2D eigenvalue weighted by Gasteiger charge is -2.30. The summed E-state index contributed by atoms with van der Waals surface area (Å²) in [6.45, 7) is 2.06. The third-order valence-corrected chi connectivity index (χ3v) is 4.92. The molecular formula is C21H23NO4. The molecule has 1 aliphatic rings. The van der Waals surface area contributed by atoms with Crippen molar-refractivity contribution in [2.75, 3.05) is 12.0 Å². The number of carboxylic acid groups (broad SMARTS) is 1. The number of nitrogens with zero attached hydrogens (tertiary/aromatic N) is 1. The van der Waals surface area contributed by atoms with E-state index in [1.54, 1.807) is 30.2 Å². The minimum atomic E-state index is -1.01. The molecule has 1 unspecified atom stereocenters. The number of amides is 1. The molecule has 1 fully saturated rings. The standard InChI is InChI=1S/C21H23NO4/c1-14(15-7-8-15)22(17-9-11-18(26-2)12-10-17)20(23)13-16-5-3-4-6-19(16)21(24)25/h3-6,9-12,14-15H,7-8,13H2,1-2H3,(H,24,25). The van der Waals surface area contributed by atoms with Gasteiger partial charge in [0.2, 0.25) is 5.91 Å². The summed E-state index contributed by atoms with van der Waals surface area (Å²) < 4.78 is 5.20. The molecule has 3 rings (SSSR count). The smallest absolute Gasteiger partial charge is 0.335 e. The Bertz CT molecular complexity index is 796. The molecule has 0 aliphatic heterocycles. The average Bonchev–Trinajstić information content (AvgIpc) is 3.48. The Kier molecular flexibility index (Phi) is 5.26. The Hall–Kier alpha value is -2.82. The lowest BCUT2D eigenvalue weighted by Crippen LogP contribution is -2.41. The summed E-state index contributed by atoms with van der Waals surface area (Å²) in [5, 5.41) is 9.36. The van der Waals surface area contributed by atoms with E-state index >= 15 is 0 Å². The van der Waals surface area contributed by atoms with Gasteiger partial charge in [0.25, 0.3) is 0 Å². The molecular weight excluding hydrogens is 330 g/mol. The van der Waals surface area contributed by atoms with Gasteiger partial charge in [-0.2, -0.15) is 0 Å². The highest BCUT2D eigenvalue weighted by molar-refractivity contribution is 5.98. The molecule has 1 saturated carbocycles. The van der Waals surface area contributed by atoms with Crippen LogP contribution in [0.4, 0.5) is 5.69 Å². The fourth-order valence-corrected chi connectivity index (χ4v) is 3.27. The number of carbonyl (C=O) groups is 2. The van der Waals surface area contributed by atoms with Crippen molar-refractivity contribution in [2.45, 2.75) is 32.2 Å². The highest BCUT2D eigenvalue weighted by Gasteiger charge is 2.35. The zero-order valence-electron chi connectivity index (χ0n) is 15.0. The molecule has 1 atom stereocenters. The predicted molar refractivity (Wildman–Crippen MR) is 99.8 cm³/mol. The topological polar surface area (TPSA) is 66.8 Å². The van der Waals surface area contributed by atoms with Gasteiger partial charge in [0.05, 0.1) is 19.1 Å². The van der Waals surface area contributed by atoms with Crippen molar-refractivity contribution in [1.82, 2.24) is 0 Å². The average molecular weight is 353 g/mol. The quantitative estimate of drug-likeness (QED) is 0.823. The van der Waals surface area contributed by atoms with Crippen LogP contribution < -0.4 is 9.64 Å². The fourth-order valence-electron chi connectivity index (χ4n) is 3.27. The van der Waals surface area contributed by atoms with Crippen LogP contribution in [0.3, 0.4) is 0 Å². The molecule has 0 heterocycles. The van der Waals surface area contributed by atoms with Crippen LogP contribution in [-0.4, -0.2) is 30.1 Å². The van der Waals surface area contributed by atoms with Gasteiger partial charge < -0.3 is 14.7 Å². The van der Waals surface area contributed by atoms with Crippen molar-refractivity contribution < 1.29 is 19.4 Å². The Labute approximate surface area is 153 Å². The van der Waals surface area contributed by atoms with Crippen LogP contribution in [-0.2, 0) is 11.2 Å². The zero-order valence-corrected chi connectivity index (χ0v) is 15.0. The molecule has 1 N–H and O–H groups in total. The Morgan fingerprint density at radius 1 is 1.15 bits per heavy atom. The van der Waals surface area contributed by atoms with E-state index in [9.17, 15) is 14.7 Å². The first-order valence-electron chi connectivity index (χ1n) is 8.78. The number of aromatic carboxylic acids is 1. The number of carboxylic acids is 1. The van der Waals surface area contributed by atoms with Crippen LogP contribution in [0.25, 0.3) is 0 Å². The van der Waals surface area contributed by atoms with Crippen LogP contribution >= 0.6 is 0 Å². The molecule has 0 radical (unpaired) electrons. The molecule has 1 amide bonds. The predicted octanol–water partition coefficient (Wildman–Crippen LogP) is 3.77. The van der Waals surface area contributed by atoms with E-state index in [1.165, 1.54) is 6.07 Å². The number of hydrogen-bond acceptors (Lipinski definition) is 3. The summed E-state index contributed by atoms with van der Waals surface area (Å²) in [5.74, 6) is 0.120. The highest BCUT2D eigenvalue weighted by Crippen LogP contribution is 2.37. The van der Waals surface area contributed by atoms with E-state index < -0.39 is 5.97 Å². The molecule has 26 heavy (non-hydrogen) atoms. The second kappa shape index (κ2) is 7.60. The van der Waals surface area contributed by atoms with Crippen LogP contribution in [0.2, 0.25) is 0 Å². The van der Waals surface area contributed by atoms with Crippen LogP contribution in [0.15, 0.2) is 48.5 Å². The summed E-state index contributed by atoms with van der Waals surface area (Å²) in [5.41, 5.74) is 1.52. The lowest BCUT2D eigenvalue weighted by molar-refractivity contribution is -0.118. The van der Waals surface area contributed by atoms with E-state index in [2.05, 4.69) is 6.92 Å². The molecule has 2 aromatic carbocycles. The van der Waals surface area contributed by atoms with Crippen molar-refractivity contribution >= 4 is 17.6 Å². The lowest BCUT2D eigenvalue weighted by atomic mass is 10.0. The molecule has 0 saturated heterocycles. The monoisotopic (exact) mass is 353 g/mol. The molecule has 0 spiro atoms. The molecule has 0 aromatic heterocycles. The van der Waals surface area contributed by atoms with Gasteiger partial charge >= 0.3 is 5.97 Å². The summed E-state index contributed by atoms with van der Waals surface area (Å²) in [4.78, 5) is 26.3. The third-order valence-electron chi connectivity index (χ3n) is 4.92. The summed E-state index contributed by atoms with van der Waals surface area (Å²) >= 11 is 0. The number of methoxy groups -OCH3 is 1. The molecule has 5 heteroatoms. The highest BCUT2D eigenvalue weighted by atomic mass is 16.5. The van der Waals surface area contributed by atoms with Gasteiger partial charge in [-0.25, -0.2) is 4.79 Å². The molecule has 136 valence electrons. The third kappa shape index (κ3) is 3.87. The van der Waals surface area contributed by atoms with Crippen LogP contribution in [0.1, 0.15) is 35.7 Å². The van der Waals surface area contributed by atoms with Crippen LogP contribution in [0.5, 0.6) is 5.75 Å². The first kappa shape index (κ1) is 18.0. The zero-order chi connectivity index (χ0) is 18.7. The number of benzene rings is 2. The molecule has 2 aromatic rings. The molecule has 1 aliphatic carbocycles. The number of carbonyl (C=O) groups excluding carboxylic acids is 1. The maximum atomic E-state index is 13.1. The minimum Gasteiger partial charge on any atom is -0.497 e. The maximum absolute atomic E-state index is 13.1. The summed E-state index contributed by atoms with van der Waals surface area (Å²) in [6.07, 6.45) is 2.30. The maximum Gasteiger partial charge on any atom is 0.335 e. The van der Waals surface area contributed by atoms with Gasteiger partial charge in [-0.15, -0.1) is 0 Å². The summed E-state index contributed by atoms with van der Waals surface area (Å²) in [6, 6.07) is 14.2. The number of hydrogen-bond donors (Lipinski definition) is 1. The van der Waals surface area contributed by atoms with E-state index in [-0.39, 0.29) is 23.9 Å². The Morgan fingerprint density at radius 2 is 1.81 bits per heavy atom. The van der Waals surface area contributed by atoms with Crippen molar-refractivity contribution in [2.24, 2.45) is 5.92 Å². The number of ether oxygens (including phenoxy) is 1. The van der Waals surface area contributed by atoms with Gasteiger partial charge in [0.1, 0.15) is 5.75 Å². The minimum absolute atomic E-state index is 0.0611. The van der Waals surface area contributed by atoms with Gasteiger partial charge in [-0.3, -0.25) is 4.79 Å². The van der Waals surface area contributed by atoms with Crippen molar-refractivity contribution in [3.63, 3.8) is 0 Å².